The summed E-state index contributed by atoms with van der Waals surface area (Å²) >= 11 is 0. The van der Waals surface area contributed by atoms with Crippen LogP contribution in [0.4, 0.5) is 11.5 Å². The summed E-state index contributed by atoms with van der Waals surface area (Å²) in [6.07, 6.45) is 4.85. The maximum absolute atomic E-state index is 11.3. The van der Waals surface area contributed by atoms with E-state index in [1.54, 1.807) is 37.8 Å². The summed E-state index contributed by atoms with van der Waals surface area (Å²) in [5.41, 5.74) is 1.48. The first kappa shape index (κ1) is 11.1. The number of amides is 1. The molecule has 2 rings (SSSR count). The Hall–Kier alpha value is -2.43. The number of benzene rings is 1. The normalized spacial score (nSPS) is 9.71. The summed E-state index contributed by atoms with van der Waals surface area (Å²) in [5, 5.41) is 5.65. The zero-order valence-electron chi connectivity index (χ0n) is 9.34. The van der Waals surface area contributed by atoms with Crippen LogP contribution in [0.1, 0.15) is 10.4 Å². The molecule has 0 saturated carbocycles. The van der Waals surface area contributed by atoms with E-state index in [4.69, 9.17) is 0 Å². The summed E-state index contributed by atoms with van der Waals surface area (Å²) in [6.45, 7) is 0. The van der Waals surface area contributed by atoms with Gasteiger partial charge in [-0.1, -0.05) is 0 Å². The van der Waals surface area contributed by atoms with Gasteiger partial charge in [-0.2, -0.15) is 0 Å². The fourth-order valence-electron chi connectivity index (χ4n) is 1.36. The van der Waals surface area contributed by atoms with E-state index in [-0.39, 0.29) is 5.91 Å². The number of carbonyl (C=O) groups is 1. The zero-order valence-corrected chi connectivity index (χ0v) is 9.34. The molecule has 0 saturated heterocycles. The van der Waals surface area contributed by atoms with Crippen LogP contribution in [0.5, 0.6) is 0 Å². The number of aromatic nitrogens is 2. The first-order valence-electron chi connectivity index (χ1n) is 5.15. The van der Waals surface area contributed by atoms with Crippen LogP contribution >= 0.6 is 0 Å². The van der Waals surface area contributed by atoms with Gasteiger partial charge in [0.05, 0.1) is 6.20 Å². The molecule has 17 heavy (non-hydrogen) atoms. The second kappa shape index (κ2) is 5.07. The average Bonchev–Trinajstić information content (AvgIpc) is 2.40. The van der Waals surface area contributed by atoms with E-state index in [0.29, 0.717) is 11.4 Å². The van der Waals surface area contributed by atoms with Crippen LogP contribution in [0, 0.1) is 0 Å². The van der Waals surface area contributed by atoms with Crippen LogP contribution in [-0.4, -0.2) is 22.9 Å². The van der Waals surface area contributed by atoms with Crippen LogP contribution in [-0.2, 0) is 0 Å². The highest BCUT2D eigenvalue weighted by Crippen LogP contribution is 2.13. The van der Waals surface area contributed by atoms with Crippen molar-refractivity contribution in [1.82, 2.24) is 15.3 Å². The van der Waals surface area contributed by atoms with Gasteiger partial charge in [0.25, 0.3) is 5.91 Å². The van der Waals surface area contributed by atoms with Crippen molar-refractivity contribution in [1.29, 1.82) is 0 Å². The lowest BCUT2D eigenvalue weighted by molar-refractivity contribution is 0.0963. The minimum absolute atomic E-state index is 0.101. The van der Waals surface area contributed by atoms with E-state index < -0.39 is 0 Å². The fourth-order valence-corrected chi connectivity index (χ4v) is 1.36. The number of carbonyl (C=O) groups excluding carboxylic acids is 1. The van der Waals surface area contributed by atoms with E-state index in [1.165, 1.54) is 0 Å². The Bertz CT molecular complexity index is 496. The van der Waals surface area contributed by atoms with Gasteiger partial charge >= 0.3 is 0 Å². The summed E-state index contributed by atoms with van der Waals surface area (Å²) in [6, 6.07) is 7.13. The predicted molar refractivity (Wildman–Crippen MR) is 65.1 cm³/mol. The van der Waals surface area contributed by atoms with Crippen LogP contribution in [0.3, 0.4) is 0 Å². The Balaban J connectivity index is 2.11. The van der Waals surface area contributed by atoms with Crippen molar-refractivity contribution in [2.45, 2.75) is 0 Å². The van der Waals surface area contributed by atoms with E-state index in [1.807, 2.05) is 12.1 Å². The summed E-state index contributed by atoms with van der Waals surface area (Å²) in [4.78, 5) is 19.4. The Kier molecular flexibility index (Phi) is 3.30. The smallest absolute Gasteiger partial charge is 0.251 e. The molecule has 0 bridgehead atoms. The Morgan fingerprint density at radius 2 is 1.94 bits per heavy atom. The maximum atomic E-state index is 11.3. The van der Waals surface area contributed by atoms with Gasteiger partial charge in [-0.3, -0.25) is 9.78 Å². The molecule has 2 N–H and O–H groups in total. The minimum atomic E-state index is -0.101. The molecular weight excluding hydrogens is 216 g/mol. The maximum Gasteiger partial charge on any atom is 0.251 e. The Labute approximate surface area is 98.9 Å². The number of hydrogen-bond donors (Lipinski definition) is 2. The molecule has 1 aromatic heterocycles. The van der Waals surface area contributed by atoms with Crippen molar-refractivity contribution in [2.24, 2.45) is 0 Å². The predicted octanol–water partition coefficient (Wildman–Crippen LogP) is 1.58. The molecule has 0 unspecified atom stereocenters. The number of nitrogens with one attached hydrogen (secondary N) is 2. The van der Waals surface area contributed by atoms with Crippen LogP contribution in [0.25, 0.3) is 0 Å². The Morgan fingerprint density at radius 3 is 2.53 bits per heavy atom. The van der Waals surface area contributed by atoms with Gasteiger partial charge in [0.15, 0.2) is 0 Å². The zero-order chi connectivity index (χ0) is 12.1. The van der Waals surface area contributed by atoms with Crippen molar-refractivity contribution in [2.75, 3.05) is 12.4 Å². The van der Waals surface area contributed by atoms with Crippen LogP contribution in [0.2, 0.25) is 0 Å². The van der Waals surface area contributed by atoms with E-state index in [2.05, 4.69) is 20.6 Å². The lowest BCUT2D eigenvalue weighted by Gasteiger charge is -2.05. The Morgan fingerprint density at radius 1 is 1.18 bits per heavy atom. The number of anilines is 2. The topological polar surface area (TPSA) is 66.9 Å². The average molecular weight is 228 g/mol. The molecule has 5 heteroatoms. The largest absolute Gasteiger partial charge is 0.355 e. The number of hydrogen-bond acceptors (Lipinski definition) is 4. The molecule has 0 radical (unpaired) electrons. The summed E-state index contributed by atoms with van der Waals surface area (Å²) < 4.78 is 0. The molecule has 86 valence electrons. The molecule has 2 aromatic rings. The lowest BCUT2D eigenvalue weighted by atomic mass is 10.2. The van der Waals surface area contributed by atoms with Crippen LogP contribution < -0.4 is 10.6 Å². The van der Waals surface area contributed by atoms with Gasteiger partial charge < -0.3 is 10.6 Å². The van der Waals surface area contributed by atoms with E-state index >= 15 is 0 Å². The summed E-state index contributed by atoms with van der Waals surface area (Å²) in [5.74, 6) is 0.566. The molecule has 1 amide bonds. The van der Waals surface area contributed by atoms with Crippen molar-refractivity contribution in [3.05, 3.63) is 48.4 Å². The van der Waals surface area contributed by atoms with Gasteiger partial charge in [-0.15, -0.1) is 0 Å². The third-order valence-electron chi connectivity index (χ3n) is 2.21. The monoisotopic (exact) mass is 228 g/mol. The second-order valence-corrected chi connectivity index (χ2v) is 3.37. The summed E-state index contributed by atoms with van der Waals surface area (Å²) in [7, 11) is 1.61. The second-order valence-electron chi connectivity index (χ2n) is 3.37. The number of nitrogens with zero attached hydrogens (tertiary/aromatic N) is 2. The first-order chi connectivity index (χ1) is 8.29. The van der Waals surface area contributed by atoms with Crippen molar-refractivity contribution in [3.63, 3.8) is 0 Å². The van der Waals surface area contributed by atoms with Gasteiger partial charge in [0.1, 0.15) is 5.82 Å². The van der Waals surface area contributed by atoms with Crippen LogP contribution in [0.15, 0.2) is 42.9 Å². The molecule has 1 aromatic carbocycles. The first-order valence-corrected chi connectivity index (χ1v) is 5.15. The highest BCUT2D eigenvalue weighted by molar-refractivity contribution is 5.94. The molecule has 0 aliphatic rings. The third kappa shape index (κ3) is 2.78. The molecule has 1 heterocycles. The van der Waals surface area contributed by atoms with E-state index in [9.17, 15) is 4.79 Å². The minimum Gasteiger partial charge on any atom is -0.355 e. The van der Waals surface area contributed by atoms with Crippen molar-refractivity contribution < 1.29 is 4.79 Å². The standard InChI is InChI=1S/C12H12N4O/c1-13-12(17)9-2-4-10(5-3-9)16-11-8-14-6-7-15-11/h2-8H,1H3,(H,13,17)(H,15,16). The van der Waals surface area contributed by atoms with Gasteiger partial charge in [0.2, 0.25) is 0 Å². The quantitative estimate of drug-likeness (QED) is 0.837. The van der Waals surface area contributed by atoms with Gasteiger partial charge in [0, 0.05) is 30.7 Å². The number of rotatable bonds is 3. The molecule has 0 spiro atoms. The van der Waals surface area contributed by atoms with Gasteiger partial charge in [-0.05, 0) is 24.3 Å². The highest BCUT2D eigenvalue weighted by Gasteiger charge is 2.02. The van der Waals surface area contributed by atoms with Crippen molar-refractivity contribution in [3.8, 4) is 0 Å². The molecule has 0 fully saturated rings. The fraction of sp³-hybridized carbons (Fsp3) is 0.0833. The molecule has 0 aliphatic carbocycles. The van der Waals surface area contributed by atoms with Crippen molar-refractivity contribution >= 4 is 17.4 Å². The molecule has 5 nitrogen and oxygen atoms in total. The molecule has 0 atom stereocenters. The highest BCUT2D eigenvalue weighted by atomic mass is 16.1. The molecule has 0 aliphatic heterocycles. The van der Waals surface area contributed by atoms with E-state index in [0.717, 1.165) is 5.69 Å². The third-order valence-corrected chi connectivity index (χ3v) is 2.21. The van der Waals surface area contributed by atoms with Gasteiger partial charge in [-0.25, -0.2) is 4.98 Å². The SMILES string of the molecule is CNC(=O)c1ccc(Nc2cnccn2)cc1. The lowest BCUT2D eigenvalue weighted by Crippen LogP contribution is -2.17. The molecular formula is C12H12N4O.